The van der Waals surface area contributed by atoms with Gasteiger partial charge in [0.05, 0.1) is 29.9 Å². The molecule has 3 heterocycles. The van der Waals surface area contributed by atoms with Crippen LogP contribution in [-0.2, 0) is 12.1 Å². The lowest BCUT2D eigenvalue weighted by Gasteiger charge is -2.38. The highest BCUT2D eigenvalue weighted by Crippen LogP contribution is 2.38. The lowest BCUT2D eigenvalue weighted by atomic mass is 9.80. The first-order valence-electron chi connectivity index (χ1n) is 6.51. The highest BCUT2D eigenvalue weighted by atomic mass is 15.1. The first-order chi connectivity index (χ1) is 9.83. The standard InChI is InChI=1S/C16H12N4/c17-9-12-2-3-14-13(8-12)4-6-19-16(14)5-1-7-20-11-18-10-15(16)20/h1-6,8,10-11,19H,7H2. The summed E-state index contributed by atoms with van der Waals surface area (Å²) in [6.45, 7) is 0.841. The molecular formula is C16H12N4. The zero-order valence-corrected chi connectivity index (χ0v) is 10.7. The summed E-state index contributed by atoms with van der Waals surface area (Å²) in [5, 5.41) is 12.5. The van der Waals surface area contributed by atoms with E-state index >= 15 is 0 Å². The molecule has 0 saturated carbocycles. The molecule has 1 aromatic heterocycles. The van der Waals surface area contributed by atoms with Crippen molar-refractivity contribution in [1.82, 2.24) is 14.9 Å². The SMILES string of the molecule is N#Cc1ccc2c(c1)C=CNC21C=CCn2cncc21. The quantitative estimate of drug-likeness (QED) is 0.738. The van der Waals surface area contributed by atoms with Crippen LogP contribution in [0.2, 0.25) is 0 Å². The maximum atomic E-state index is 9.05. The second-order valence-electron chi connectivity index (χ2n) is 5.03. The van der Waals surface area contributed by atoms with Crippen LogP contribution in [0.1, 0.15) is 22.4 Å². The molecule has 2 aliphatic rings. The van der Waals surface area contributed by atoms with E-state index in [0.717, 1.165) is 23.4 Å². The van der Waals surface area contributed by atoms with Gasteiger partial charge in [0.2, 0.25) is 0 Å². The second-order valence-corrected chi connectivity index (χ2v) is 5.03. The van der Waals surface area contributed by atoms with Crippen LogP contribution in [0.25, 0.3) is 6.08 Å². The maximum absolute atomic E-state index is 9.05. The van der Waals surface area contributed by atoms with Gasteiger partial charge in [0.15, 0.2) is 0 Å². The van der Waals surface area contributed by atoms with Gasteiger partial charge in [-0.2, -0.15) is 5.26 Å². The van der Waals surface area contributed by atoms with Crippen molar-refractivity contribution in [2.45, 2.75) is 12.1 Å². The van der Waals surface area contributed by atoms with Crippen molar-refractivity contribution in [3.8, 4) is 6.07 Å². The van der Waals surface area contributed by atoms with Crippen molar-refractivity contribution >= 4 is 6.08 Å². The van der Waals surface area contributed by atoms with E-state index in [1.165, 1.54) is 0 Å². The average molecular weight is 260 g/mol. The zero-order chi connectivity index (χ0) is 13.6. The van der Waals surface area contributed by atoms with Crippen LogP contribution >= 0.6 is 0 Å². The van der Waals surface area contributed by atoms with Crippen LogP contribution in [0.4, 0.5) is 0 Å². The van der Waals surface area contributed by atoms with Crippen LogP contribution in [0.3, 0.4) is 0 Å². The fourth-order valence-electron chi connectivity index (χ4n) is 3.04. The molecular weight excluding hydrogens is 248 g/mol. The zero-order valence-electron chi connectivity index (χ0n) is 10.7. The van der Waals surface area contributed by atoms with Crippen molar-refractivity contribution in [2.24, 2.45) is 0 Å². The number of hydrogen-bond donors (Lipinski definition) is 1. The van der Waals surface area contributed by atoms with Crippen LogP contribution in [0.5, 0.6) is 0 Å². The molecule has 0 amide bonds. The minimum Gasteiger partial charge on any atom is -0.373 e. The van der Waals surface area contributed by atoms with E-state index in [1.807, 2.05) is 43.0 Å². The topological polar surface area (TPSA) is 53.6 Å². The number of fused-ring (bicyclic) bond motifs is 4. The fraction of sp³-hybridized carbons (Fsp3) is 0.125. The van der Waals surface area contributed by atoms with E-state index in [4.69, 9.17) is 5.26 Å². The van der Waals surface area contributed by atoms with Crippen LogP contribution in [0, 0.1) is 11.3 Å². The van der Waals surface area contributed by atoms with E-state index in [-0.39, 0.29) is 5.54 Å². The Morgan fingerprint density at radius 1 is 1.40 bits per heavy atom. The number of aromatic nitrogens is 2. The smallest absolute Gasteiger partial charge is 0.124 e. The van der Waals surface area contributed by atoms with E-state index in [9.17, 15) is 0 Å². The summed E-state index contributed by atoms with van der Waals surface area (Å²) in [4.78, 5) is 4.27. The highest BCUT2D eigenvalue weighted by Gasteiger charge is 2.38. The van der Waals surface area contributed by atoms with E-state index in [1.54, 1.807) is 0 Å². The molecule has 4 heteroatoms. The Kier molecular flexibility index (Phi) is 2.13. The van der Waals surface area contributed by atoms with Crippen molar-refractivity contribution in [1.29, 1.82) is 5.26 Å². The summed E-state index contributed by atoms with van der Waals surface area (Å²) in [5.74, 6) is 0. The number of benzene rings is 1. The Morgan fingerprint density at radius 3 is 3.25 bits per heavy atom. The monoisotopic (exact) mass is 260 g/mol. The molecule has 96 valence electrons. The van der Waals surface area contributed by atoms with Crippen LogP contribution in [-0.4, -0.2) is 9.55 Å². The van der Waals surface area contributed by atoms with Gasteiger partial charge in [-0.3, -0.25) is 0 Å². The fourth-order valence-corrected chi connectivity index (χ4v) is 3.04. The predicted molar refractivity (Wildman–Crippen MR) is 75.5 cm³/mol. The lowest BCUT2D eigenvalue weighted by molar-refractivity contribution is 0.500. The molecule has 0 fully saturated rings. The van der Waals surface area contributed by atoms with Crippen molar-refractivity contribution < 1.29 is 0 Å². The lowest BCUT2D eigenvalue weighted by Crippen LogP contribution is -2.44. The molecule has 1 N–H and O–H groups in total. The third-order valence-corrected chi connectivity index (χ3v) is 3.97. The first kappa shape index (κ1) is 11.1. The van der Waals surface area contributed by atoms with E-state index in [0.29, 0.717) is 5.56 Å². The van der Waals surface area contributed by atoms with E-state index < -0.39 is 0 Å². The molecule has 0 radical (unpaired) electrons. The number of nitrogens with one attached hydrogen (secondary N) is 1. The Morgan fingerprint density at radius 2 is 2.35 bits per heavy atom. The van der Waals surface area contributed by atoms with Gasteiger partial charge >= 0.3 is 0 Å². The highest BCUT2D eigenvalue weighted by molar-refractivity contribution is 5.64. The Bertz CT molecular complexity index is 791. The number of nitriles is 1. The predicted octanol–water partition coefficient (Wildman–Crippen LogP) is 2.14. The Labute approximate surface area is 116 Å². The van der Waals surface area contributed by atoms with Gasteiger partial charge in [-0.1, -0.05) is 18.2 Å². The molecule has 1 spiro atoms. The second kappa shape index (κ2) is 3.84. The average Bonchev–Trinajstić information content (AvgIpc) is 2.97. The van der Waals surface area contributed by atoms with Gasteiger partial charge in [-0.25, -0.2) is 4.98 Å². The van der Waals surface area contributed by atoms with Gasteiger partial charge < -0.3 is 9.88 Å². The molecule has 20 heavy (non-hydrogen) atoms. The molecule has 1 aromatic carbocycles. The summed E-state index contributed by atoms with van der Waals surface area (Å²) in [6, 6.07) is 8.01. The summed E-state index contributed by atoms with van der Waals surface area (Å²) in [7, 11) is 0. The van der Waals surface area contributed by atoms with Crippen LogP contribution < -0.4 is 5.32 Å². The van der Waals surface area contributed by atoms with Crippen molar-refractivity contribution in [2.75, 3.05) is 0 Å². The third kappa shape index (κ3) is 1.32. The molecule has 0 bridgehead atoms. The molecule has 1 atom stereocenters. The maximum Gasteiger partial charge on any atom is 0.124 e. The first-order valence-corrected chi connectivity index (χ1v) is 6.51. The van der Waals surface area contributed by atoms with Gasteiger partial charge in [-0.05, 0) is 35.5 Å². The summed E-state index contributed by atoms with van der Waals surface area (Å²) in [6.07, 6.45) is 12.0. The number of allylic oxidation sites excluding steroid dienone is 1. The minimum absolute atomic E-state index is 0.382. The Hall–Kier alpha value is -2.80. The van der Waals surface area contributed by atoms with Gasteiger partial charge in [0.1, 0.15) is 5.54 Å². The van der Waals surface area contributed by atoms with Crippen molar-refractivity contribution in [3.63, 3.8) is 0 Å². The Balaban J connectivity index is 1.99. The third-order valence-electron chi connectivity index (χ3n) is 3.97. The number of nitrogens with zero attached hydrogens (tertiary/aromatic N) is 3. The molecule has 2 aromatic rings. The number of rotatable bonds is 0. The van der Waals surface area contributed by atoms with E-state index in [2.05, 4.69) is 33.1 Å². The van der Waals surface area contributed by atoms with Gasteiger partial charge in [0, 0.05) is 6.54 Å². The molecule has 2 aliphatic heterocycles. The summed E-state index contributed by atoms with van der Waals surface area (Å²) in [5.41, 5.74) is 3.64. The largest absolute Gasteiger partial charge is 0.373 e. The summed E-state index contributed by atoms with van der Waals surface area (Å²) < 4.78 is 2.13. The number of hydrogen-bond acceptors (Lipinski definition) is 3. The normalized spacial score (nSPS) is 21.9. The minimum atomic E-state index is -0.382. The molecule has 0 saturated heterocycles. The number of imidazole rings is 1. The van der Waals surface area contributed by atoms with Gasteiger partial charge in [-0.15, -0.1) is 0 Å². The van der Waals surface area contributed by atoms with Gasteiger partial charge in [0.25, 0.3) is 0 Å². The van der Waals surface area contributed by atoms with Crippen LogP contribution in [0.15, 0.2) is 49.1 Å². The summed E-state index contributed by atoms with van der Waals surface area (Å²) >= 11 is 0. The molecule has 4 rings (SSSR count). The molecule has 4 nitrogen and oxygen atoms in total. The van der Waals surface area contributed by atoms with Crippen molar-refractivity contribution in [3.05, 3.63) is 71.5 Å². The molecule has 0 aliphatic carbocycles. The molecule has 1 unspecified atom stereocenters.